The molecule has 0 unspecified atom stereocenters. The summed E-state index contributed by atoms with van der Waals surface area (Å²) in [6.45, 7) is 9.55. The maximum Gasteiger partial charge on any atom is 0.409 e. The lowest BCUT2D eigenvalue weighted by Crippen LogP contribution is -2.60. The van der Waals surface area contributed by atoms with Crippen LogP contribution in [-0.4, -0.2) is 71.8 Å². The van der Waals surface area contributed by atoms with Crippen LogP contribution in [0.1, 0.15) is 77.3 Å². The van der Waals surface area contributed by atoms with Gasteiger partial charge >= 0.3 is 12.1 Å². The first kappa shape index (κ1) is 38.1. The Balaban J connectivity index is 1.46. The van der Waals surface area contributed by atoms with Crippen LogP contribution in [0.2, 0.25) is 5.02 Å². The van der Waals surface area contributed by atoms with E-state index in [-0.39, 0.29) is 36.6 Å². The molecule has 1 saturated carbocycles. The summed E-state index contributed by atoms with van der Waals surface area (Å²) < 4.78 is 18.3. The number of nitrogens with zero attached hydrogens (tertiary/aromatic N) is 1. The number of alkyl carbamates (subject to hydrolysis) is 1. The lowest BCUT2D eigenvalue weighted by Gasteiger charge is -2.41. The third-order valence-corrected chi connectivity index (χ3v) is 13.4. The average molecular weight is 735 g/mol. The van der Waals surface area contributed by atoms with Crippen LogP contribution in [0, 0.1) is 30.6 Å². The molecule has 0 spiro atoms. The largest absolute Gasteiger partial charge is 0.458 e. The van der Waals surface area contributed by atoms with Crippen LogP contribution < -0.4 is 10.2 Å². The number of ether oxygens (including phenoxy) is 3. The van der Waals surface area contributed by atoms with Crippen LogP contribution in [0.25, 0.3) is 0 Å². The molecule has 3 aliphatic heterocycles. The predicted octanol–water partition coefficient (Wildman–Crippen LogP) is 7.41. The maximum atomic E-state index is 14.1. The molecule has 7 atom stereocenters. The molecule has 2 amide bonds. The minimum absolute atomic E-state index is 0.114. The molecular weight excluding hydrogens is 684 g/mol. The molecule has 1 aliphatic carbocycles. The number of epoxide rings is 1. The number of anilines is 1. The van der Waals surface area contributed by atoms with Gasteiger partial charge in [0, 0.05) is 31.1 Å². The van der Waals surface area contributed by atoms with E-state index in [0.29, 0.717) is 23.0 Å². The normalized spacial score (nSPS) is 37.2. The zero-order valence-corrected chi connectivity index (χ0v) is 32.0. The molecule has 5 rings (SSSR count). The number of carbonyl (C=O) groups is 3. The highest BCUT2D eigenvalue weighted by Crippen LogP contribution is 2.49. The molecule has 0 aromatic heterocycles. The molecule has 3 fully saturated rings. The summed E-state index contributed by atoms with van der Waals surface area (Å²) in [5.41, 5.74) is 0.937. The summed E-state index contributed by atoms with van der Waals surface area (Å²) in [5, 5.41) is 14.8. The molecular formula is C37H51ClN2O7S2. The Bertz CT molecular complexity index is 1480. The summed E-state index contributed by atoms with van der Waals surface area (Å²) in [4.78, 5) is 42.1. The Hall–Kier alpha value is -2.18. The van der Waals surface area contributed by atoms with Crippen molar-refractivity contribution in [3.05, 3.63) is 52.1 Å². The Kier molecular flexibility index (Phi) is 12.1. The molecule has 0 radical (unpaired) electrons. The van der Waals surface area contributed by atoms with E-state index in [0.717, 1.165) is 48.1 Å². The number of nitrogens with one attached hydrogen (secondary N) is 1. The minimum Gasteiger partial charge on any atom is -0.458 e. The Morgan fingerprint density at radius 1 is 1.18 bits per heavy atom. The minimum atomic E-state index is -1.54. The van der Waals surface area contributed by atoms with Gasteiger partial charge in [-0.2, -0.15) is 0 Å². The standard InChI is InChI=1S/C37H51ClN2O7S2/c1-21-9-8-10-23(3)37(44)19-29(45-35(43)39-37)24(4)33-36(5,47-33)30(46-34(42)27-13-11-25(12-14-27)20-49-48-7)18-31(41)40(6)28-17-26(15-21)16-22(2)32(28)38/h8-10,16-17,23-25,27,29-30,33,44H,11-15,18-20H2,1-7H3,(H,39,43)/b10-8+,21-9+/t23-,24-,25?,27?,29+,30+,33+,36+,37+/m1/s1. The number of esters is 1. The van der Waals surface area contributed by atoms with Crippen LogP contribution in [0.4, 0.5) is 10.5 Å². The van der Waals surface area contributed by atoms with Crippen molar-refractivity contribution in [3.8, 4) is 0 Å². The number of rotatable bonds is 5. The molecule has 4 bridgehead atoms. The van der Waals surface area contributed by atoms with E-state index in [1.807, 2.05) is 75.8 Å². The fourth-order valence-corrected chi connectivity index (χ4v) is 9.40. The summed E-state index contributed by atoms with van der Waals surface area (Å²) in [6, 6.07) is 3.94. The van der Waals surface area contributed by atoms with Gasteiger partial charge in [-0.3, -0.25) is 14.9 Å². The highest BCUT2D eigenvalue weighted by molar-refractivity contribution is 8.76. The van der Waals surface area contributed by atoms with Crippen molar-refractivity contribution < 1.29 is 33.7 Å². The zero-order chi connectivity index (χ0) is 35.7. The van der Waals surface area contributed by atoms with Crippen molar-refractivity contribution in [3.63, 3.8) is 0 Å². The van der Waals surface area contributed by atoms with E-state index in [9.17, 15) is 19.5 Å². The Labute approximate surface area is 303 Å². The van der Waals surface area contributed by atoms with Gasteiger partial charge in [-0.25, -0.2) is 4.79 Å². The molecule has 2 saturated heterocycles. The highest BCUT2D eigenvalue weighted by Gasteiger charge is 2.64. The van der Waals surface area contributed by atoms with Crippen molar-refractivity contribution in [1.29, 1.82) is 0 Å². The first-order chi connectivity index (χ1) is 23.1. The number of hydrogen-bond donors (Lipinski definition) is 2. The van der Waals surface area contributed by atoms with E-state index >= 15 is 0 Å². The average Bonchev–Trinajstić information content (AvgIpc) is 3.75. The van der Waals surface area contributed by atoms with Crippen LogP contribution in [-0.2, 0) is 30.2 Å². The summed E-state index contributed by atoms with van der Waals surface area (Å²) in [6.07, 6.45) is 9.14. The molecule has 1 aromatic rings. The summed E-state index contributed by atoms with van der Waals surface area (Å²) >= 11 is 6.79. The van der Waals surface area contributed by atoms with Gasteiger partial charge in [0.1, 0.15) is 23.5 Å². The molecule has 49 heavy (non-hydrogen) atoms. The number of hydrogen-bond acceptors (Lipinski definition) is 9. The second-order valence-electron chi connectivity index (χ2n) is 14.6. The molecule has 4 aliphatic rings. The third kappa shape index (κ3) is 8.66. The van der Waals surface area contributed by atoms with Crippen molar-refractivity contribution >= 4 is 56.8 Å². The Morgan fingerprint density at radius 3 is 2.59 bits per heavy atom. The molecule has 2 N–H and O–H groups in total. The fourth-order valence-electron chi connectivity index (χ4n) is 7.51. The number of allylic oxidation sites excluding steroid dienone is 3. The maximum absolute atomic E-state index is 14.1. The zero-order valence-electron chi connectivity index (χ0n) is 29.6. The number of fused-ring (bicyclic) bond motifs is 5. The summed E-state index contributed by atoms with van der Waals surface area (Å²) in [7, 11) is 5.32. The number of aliphatic hydroxyl groups is 1. The number of halogens is 1. The van der Waals surface area contributed by atoms with Gasteiger partial charge < -0.3 is 24.2 Å². The fraction of sp³-hybridized carbons (Fsp3) is 0.649. The monoisotopic (exact) mass is 734 g/mol. The summed E-state index contributed by atoms with van der Waals surface area (Å²) in [5.74, 6) is 0.0587. The van der Waals surface area contributed by atoms with Crippen LogP contribution >= 0.6 is 33.2 Å². The first-order valence-corrected chi connectivity index (χ1v) is 20.4. The molecule has 270 valence electrons. The van der Waals surface area contributed by atoms with Gasteiger partial charge in [0.05, 0.1) is 29.2 Å². The second-order valence-corrected chi connectivity index (χ2v) is 17.6. The molecule has 9 nitrogen and oxygen atoms in total. The smallest absolute Gasteiger partial charge is 0.409 e. The number of amides is 2. The van der Waals surface area contributed by atoms with Crippen LogP contribution in [0.15, 0.2) is 35.9 Å². The topological polar surface area (TPSA) is 118 Å². The molecule has 1 aromatic carbocycles. The lowest BCUT2D eigenvalue weighted by molar-refractivity contribution is -0.160. The van der Waals surface area contributed by atoms with Gasteiger partial charge in [0.15, 0.2) is 0 Å². The second kappa shape index (κ2) is 15.6. The van der Waals surface area contributed by atoms with E-state index < -0.39 is 41.6 Å². The van der Waals surface area contributed by atoms with Gasteiger partial charge in [0.2, 0.25) is 5.91 Å². The van der Waals surface area contributed by atoms with Crippen molar-refractivity contribution in [2.45, 2.75) is 109 Å². The number of carbonyl (C=O) groups excluding carboxylic acids is 3. The molecule has 3 heterocycles. The number of aryl methyl sites for hydroxylation is 1. The third-order valence-electron chi connectivity index (χ3n) is 10.9. The SMILES string of the molecule is CSSCC1CCC(C(=O)O[C@H]2CC(=O)N(C)c3cc(cc(C)c3Cl)C/C(C)=C/C=C/[C@@H](C)[C@@]3(O)C[C@H](OC(=O)N3)[C@@H](C)[C@@H]3O[C@@]23C)CC1. The lowest BCUT2D eigenvalue weighted by atomic mass is 9.81. The quantitative estimate of drug-likeness (QED) is 0.181. The Morgan fingerprint density at radius 2 is 1.90 bits per heavy atom. The van der Waals surface area contributed by atoms with Crippen molar-refractivity contribution in [2.24, 2.45) is 23.7 Å². The van der Waals surface area contributed by atoms with Crippen LogP contribution in [0.5, 0.6) is 0 Å². The van der Waals surface area contributed by atoms with Gasteiger partial charge in [-0.15, -0.1) is 0 Å². The van der Waals surface area contributed by atoms with Gasteiger partial charge in [-0.05, 0) is 82.2 Å². The van der Waals surface area contributed by atoms with E-state index in [1.165, 1.54) is 0 Å². The predicted molar refractivity (Wildman–Crippen MR) is 197 cm³/mol. The van der Waals surface area contributed by atoms with Crippen molar-refractivity contribution in [1.82, 2.24) is 5.32 Å². The van der Waals surface area contributed by atoms with E-state index in [4.69, 9.17) is 25.8 Å². The van der Waals surface area contributed by atoms with E-state index in [1.54, 1.807) is 22.7 Å². The van der Waals surface area contributed by atoms with Crippen LogP contribution in [0.3, 0.4) is 0 Å². The van der Waals surface area contributed by atoms with E-state index in [2.05, 4.69) is 11.6 Å². The molecule has 12 heteroatoms. The first-order valence-electron chi connectivity index (χ1n) is 17.3. The van der Waals surface area contributed by atoms with Gasteiger partial charge in [0.25, 0.3) is 0 Å². The van der Waals surface area contributed by atoms with Crippen molar-refractivity contribution in [2.75, 3.05) is 24.0 Å². The van der Waals surface area contributed by atoms with Gasteiger partial charge in [-0.1, -0.05) is 76.9 Å². The highest BCUT2D eigenvalue weighted by atomic mass is 35.5. The number of benzene rings is 1.